The summed E-state index contributed by atoms with van der Waals surface area (Å²) in [6, 6.07) is 0. The van der Waals surface area contributed by atoms with Gasteiger partial charge in [0.1, 0.15) is 0 Å². The Hall–Kier alpha value is -0.910. The summed E-state index contributed by atoms with van der Waals surface area (Å²) in [4.78, 5) is 11.3. The predicted octanol–water partition coefficient (Wildman–Crippen LogP) is 9.61. The Kier molecular flexibility index (Phi) is 16.9. The molecule has 0 bridgehead atoms. The Morgan fingerprint density at radius 2 is 1.61 bits per heavy atom. The number of rotatable bonds is 20. The minimum Gasteiger partial charge on any atom is -0.396 e. The highest BCUT2D eigenvalue weighted by molar-refractivity contribution is 7.99. The van der Waals surface area contributed by atoms with Gasteiger partial charge in [-0.3, -0.25) is 0 Å². The quantitative estimate of drug-likeness (QED) is 0.0724. The van der Waals surface area contributed by atoms with Crippen LogP contribution in [0.4, 0.5) is 0 Å². The number of aliphatic hydroxyl groups is 2. The molecule has 1 aliphatic carbocycles. The number of nitroso groups, excluding NO2 is 1. The van der Waals surface area contributed by atoms with E-state index in [1.165, 1.54) is 63.3 Å². The van der Waals surface area contributed by atoms with Crippen LogP contribution in [0.15, 0.2) is 40.5 Å². The number of allylic oxidation sites excluding steroid dienone is 4. The Labute approximate surface area is 226 Å². The lowest BCUT2D eigenvalue weighted by Gasteiger charge is -2.43. The van der Waals surface area contributed by atoms with Crippen molar-refractivity contribution < 1.29 is 10.2 Å². The van der Waals surface area contributed by atoms with E-state index in [0.717, 1.165) is 44.1 Å². The van der Waals surface area contributed by atoms with Gasteiger partial charge in [-0.15, -0.1) is 4.91 Å². The van der Waals surface area contributed by atoms with Crippen LogP contribution in [0.2, 0.25) is 0 Å². The van der Waals surface area contributed by atoms with Crippen molar-refractivity contribution in [2.45, 2.75) is 147 Å². The summed E-state index contributed by atoms with van der Waals surface area (Å²) in [7, 11) is 0. The van der Waals surface area contributed by atoms with Crippen molar-refractivity contribution >= 4 is 11.9 Å². The maximum atomic E-state index is 11.9. The van der Waals surface area contributed by atoms with Crippen LogP contribution in [0.5, 0.6) is 0 Å². The molecule has 1 rings (SSSR count). The molecule has 208 valence electrons. The summed E-state index contributed by atoms with van der Waals surface area (Å²) in [5, 5.41) is 21.4. The van der Waals surface area contributed by atoms with Gasteiger partial charge in [0.15, 0.2) is 0 Å². The van der Waals surface area contributed by atoms with Gasteiger partial charge in [-0.25, -0.2) is 0 Å². The summed E-state index contributed by atoms with van der Waals surface area (Å²) < 4.78 is 3.05. The zero-order valence-corrected chi connectivity index (χ0v) is 24.6. The van der Waals surface area contributed by atoms with Crippen LogP contribution >= 0.6 is 11.9 Å². The van der Waals surface area contributed by atoms with Crippen LogP contribution in [-0.2, 0) is 0 Å². The Morgan fingerprint density at radius 3 is 2.19 bits per heavy atom. The first kappa shape index (κ1) is 33.1. The van der Waals surface area contributed by atoms with Crippen LogP contribution in [0.3, 0.4) is 0 Å². The lowest BCUT2D eigenvalue weighted by Crippen LogP contribution is -2.38. The van der Waals surface area contributed by atoms with Gasteiger partial charge < -0.3 is 10.2 Å². The van der Waals surface area contributed by atoms with Gasteiger partial charge in [0.2, 0.25) is 0 Å². The minimum atomic E-state index is -1.03. The third-order valence-corrected chi connectivity index (χ3v) is 9.09. The molecule has 2 N–H and O–H groups in total. The van der Waals surface area contributed by atoms with Gasteiger partial charge in [0.25, 0.3) is 0 Å². The van der Waals surface area contributed by atoms with Gasteiger partial charge in [-0.2, -0.15) is 0 Å². The van der Waals surface area contributed by atoms with Crippen LogP contribution in [0.25, 0.3) is 0 Å². The lowest BCUT2D eigenvalue weighted by atomic mass is 9.70. The van der Waals surface area contributed by atoms with Crippen LogP contribution in [0, 0.1) is 10.3 Å². The van der Waals surface area contributed by atoms with Crippen molar-refractivity contribution in [3.63, 3.8) is 0 Å². The molecule has 0 aromatic rings. The fraction of sp³-hybridized carbons (Fsp3) is 0.806. The zero-order chi connectivity index (χ0) is 26.8. The van der Waals surface area contributed by atoms with E-state index in [-0.39, 0.29) is 11.4 Å². The van der Waals surface area contributed by atoms with E-state index in [1.54, 1.807) is 0 Å². The standard InChI is InChI=1S/C31H55NO3S/c1-5-7-9-10-11-12-13-14-15-16-19-28(18-8-6-2)31(34,20-17-27-33)26-25-30(36-32-35)23-21-29(3,4)22-24-30/h6,8,16,18-19,33-34H,5,7,9-15,17,20-27H2,1-4H3. The average Bonchev–Trinajstić information content (AvgIpc) is 2.86. The molecule has 1 atom stereocenters. The molecule has 0 spiro atoms. The monoisotopic (exact) mass is 521 g/mol. The van der Waals surface area contributed by atoms with E-state index in [9.17, 15) is 15.1 Å². The maximum Gasteiger partial charge on any atom is 0.0897 e. The van der Waals surface area contributed by atoms with Crippen LogP contribution < -0.4 is 0 Å². The molecule has 0 heterocycles. The van der Waals surface area contributed by atoms with Crippen molar-refractivity contribution in [1.82, 2.24) is 0 Å². The highest BCUT2D eigenvalue weighted by Gasteiger charge is 2.42. The van der Waals surface area contributed by atoms with Gasteiger partial charge >= 0.3 is 0 Å². The van der Waals surface area contributed by atoms with Crippen molar-refractivity contribution in [2.24, 2.45) is 10.00 Å². The van der Waals surface area contributed by atoms with E-state index < -0.39 is 5.60 Å². The predicted molar refractivity (Wildman–Crippen MR) is 158 cm³/mol. The first-order chi connectivity index (χ1) is 17.3. The molecule has 1 fully saturated rings. The van der Waals surface area contributed by atoms with E-state index in [1.807, 2.05) is 25.2 Å². The summed E-state index contributed by atoms with van der Waals surface area (Å²) in [6.07, 6.45) is 28.2. The zero-order valence-electron chi connectivity index (χ0n) is 23.8. The minimum absolute atomic E-state index is 0.0607. The normalized spacial score (nSPS) is 19.7. The summed E-state index contributed by atoms with van der Waals surface area (Å²) in [6.45, 7) is 8.89. The largest absolute Gasteiger partial charge is 0.396 e. The third-order valence-electron chi connectivity index (χ3n) is 8.02. The van der Waals surface area contributed by atoms with E-state index in [2.05, 4.69) is 37.5 Å². The Balaban J connectivity index is 2.83. The second kappa shape index (κ2) is 18.4. The fourth-order valence-electron chi connectivity index (χ4n) is 5.24. The number of hydrogen-bond donors (Lipinski definition) is 2. The molecular formula is C31H55NO3S. The highest BCUT2D eigenvalue weighted by atomic mass is 32.2. The van der Waals surface area contributed by atoms with Gasteiger partial charge in [0, 0.05) is 27.9 Å². The van der Waals surface area contributed by atoms with Crippen molar-refractivity contribution in [3.8, 4) is 0 Å². The van der Waals surface area contributed by atoms with E-state index in [4.69, 9.17) is 0 Å². The molecule has 1 unspecified atom stereocenters. The molecule has 0 aromatic heterocycles. The topological polar surface area (TPSA) is 69.9 Å². The average molecular weight is 522 g/mol. The molecule has 0 amide bonds. The number of aliphatic hydroxyl groups excluding tert-OH is 1. The molecule has 4 nitrogen and oxygen atoms in total. The number of hydrogen-bond acceptors (Lipinski definition) is 5. The maximum absolute atomic E-state index is 11.9. The summed E-state index contributed by atoms with van der Waals surface area (Å²) in [5.41, 5.74) is 0.181. The Bertz CT molecular complexity index is 675. The molecular weight excluding hydrogens is 466 g/mol. The molecule has 5 heteroatoms. The van der Waals surface area contributed by atoms with Crippen molar-refractivity contribution in [3.05, 3.63) is 40.9 Å². The highest BCUT2D eigenvalue weighted by Crippen LogP contribution is 2.50. The number of nitrogens with zero attached hydrogens (tertiary/aromatic N) is 1. The van der Waals surface area contributed by atoms with Gasteiger partial charge in [-0.05, 0) is 82.1 Å². The fourth-order valence-corrected chi connectivity index (χ4v) is 5.98. The second-order valence-electron chi connectivity index (χ2n) is 11.7. The van der Waals surface area contributed by atoms with Crippen LogP contribution in [-0.4, -0.2) is 27.2 Å². The van der Waals surface area contributed by atoms with Gasteiger partial charge in [0.05, 0.1) is 5.60 Å². The molecule has 0 aromatic carbocycles. The molecule has 36 heavy (non-hydrogen) atoms. The smallest absolute Gasteiger partial charge is 0.0897 e. The SMILES string of the molecule is CC=CC=C(C=CCCCCCCCCCC)C(O)(CCCO)CCC1(SN=O)CCC(C)(C)CC1. The summed E-state index contributed by atoms with van der Waals surface area (Å²) in [5.74, 6) is 0. The second-order valence-corrected chi connectivity index (χ2v) is 12.9. The molecule has 0 radical (unpaired) electrons. The van der Waals surface area contributed by atoms with Gasteiger partial charge in [-0.1, -0.05) is 96.1 Å². The van der Waals surface area contributed by atoms with E-state index in [0.29, 0.717) is 24.7 Å². The molecule has 0 aliphatic heterocycles. The van der Waals surface area contributed by atoms with Crippen LogP contribution in [0.1, 0.15) is 137 Å². The molecule has 0 saturated heterocycles. The Morgan fingerprint density at radius 1 is 0.972 bits per heavy atom. The lowest BCUT2D eigenvalue weighted by molar-refractivity contribution is 0.0472. The van der Waals surface area contributed by atoms with Crippen molar-refractivity contribution in [2.75, 3.05) is 6.61 Å². The molecule has 1 aliphatic rings. The van der Waals surface area contributed by atoms with E-state index >= 15 is 0 Å². The third kappa shape index (κ3) is 13.1. The first-order valence-corrected chi connectivity index (χ1v) is 15.4. The molecule has 1 saturated carbocycles. The van der Waals surface area contributed by atoms with Crippen molar-refractivity contribution in [1.29, 1.82) is 0 Å². The number of unbranched alkanes of at least 4 members (excludes halogenated alkanes) is 8. The summed E-state index contributed by atoms with van der Waals surface area (Å²) >= 11 is 1.19. The first-order valence-electron chi connectivity index (χ1n) is 14.6.